The predicted molar refractivity (Wildman–Crippen MR) is 78.9 cm³/mol. The summed E-state index contributed by atoms with van der Waals surface area (Å²) in [7, 11) is 0. The van der Waals surface area contributed by atoms with E-state index in [4.69, 9.17) is 0 Å². The van der Waals surface area contributed by atoms with Crippen molar-refractivity contribution in [2.45, 2.75) is 6.42 Å². The van der Waals surface area contributed by atoms with Crippen molar-refractivity contribution >= 4 is 23.2 Å². The third-order valence-corrected chi connectivity index (χ3v) is 3.51. The molecule has 124 valence electrons. The number of hydrogen-bond acceptors (Lipinski definition) is 6. The number of nitro groups is 2. The molecule has 0 spiro atoms. The zero-order chi connectivity index (χ0) is 18.0. The lowest BCUT2D eigenvalue weighted by molar-refractivity contribution is -0.418. The van der Waals surface area contributed by atoms with E-state index >= 15 is 0 Å². The number of aromatic carboxylic acids is 1. The molecule has 10 heteroatoms. The summed E-state index contributed by atoms with van der Waals surface area (Å²) in [6, 6.07) is 3.13. The Bertz CT molecular complexity index is 792. The molecule has 0 aliphatic heterocycles. The molecule has 1 aromatic rings. The number of nitro benzene ring substituents is 1. The van der Waals surface area contributed by atoms with Crippen LogP contribution in [0.25, 0.3) is 5.57 Å². The van der Waals surface area contributed by atoms with Gasteiger partial charge in [0.2, 0.25) is 0 Å². The Labute approximate surface area is 133 Å². The van der Waals surface area contributed by atoms with Crippen LogP contribution in [-0.4, -0.2) is 32.0 Å². The number of rotatable bonds is 5. The van der Waals surface area contributed by atoms with Crippen LogP contribution in [0.4, 0.5) is 5.69 Å². The Hall–Kier alpha value is -3.56. The van der Waals surface area contributed by atoms with Gasteiger partial charge < -0.3 is 10.2 Å². The third kappa shape index (κ3) is 2.84. The molecule has 1 aliphatic rings. The Morgan fingerprint density at radius 1 is 1.12 bits per heavy atom. The van der Waals surface area contributed by atoms with Gasteiger partial charge in [0, 0.05) is 12.1 Å². The van der Waals surface area contributed by atoms with E-state index in [2.05, 4.69) is 0 Å². The van der Waals surface area contributed by atoms with Crippen molar-refractivity contribution in [3.63, 3.8) is 0 Å². The largest absolute Gasteiger partial charge is 0.481 e. The molecule has 24 heavy (non-hydrogen) atoms. The number of benzene rings is 1. The average Bonchev–Trinajstić information content (AvgIpc) is 2.52. The van der Waals surface area contributed by atoms with Crippen molar-refractivity contribution < 1.29 is 29.6 Å². The van der Waals surface area contributed by atoms with Crippen LogP contribution in [0.3, 0.4) is 0 Å². The monoisotopic (exact) mass is 334 g/mol. The summed E-state index contributed by atoms with van der Waals surface area (Å²) in [4.78, 5) is 43.6. The maximum absolute atomic E-state index is 11.5. The molecular formula is C14H10N2O8. The second-order valence-electron chi connectivity index (χ2n) is 4.85. The second kappa shape index (κ2) is 6.28. The molecule has 0 saturated carbocycles. The number of aliphatic carboxylic acids is 1. The molecule has 1 aliphatic carbocycles. The number of carboxylic acid groups (broad SMARTS) is 2. The first-order valence-electron chi connectivity index (χ1n) is 6.54. The number of allylic oxidation sites excluding steroid dienone is 2. The molecule has 1 atom stereocenters. The quantitative estimate of drug-likeness (QED) is 0.609. The molecule has 2 N–H and O–H groups in total. The minimum Gasteiger partial charge on any atom is -0.481 e. The zero-order valence-electron chi connectivity index (χ0n) is 11.9. The first-order chi connectivity index (χ1) is 11.3. The first-order valence-corrected chi connectivity index (χ1v) is 6.54. The van der Waals surface area contributed by atoms with Gasteiger partial charge in [0.05, 0.1) is 32.5 Å². The molecule has 0 aromatic heterocycles. The summed E-state index contributed by atoms with van der Waals surface area (Å²) in [6.45, 7) is 0. The van der Waals surface area contributed by atoms with Gasteiger partial charge in [-0.15, -0.1) is 0 Å². The van der Waals surface area contributed by atoms with Crippen LogP contribution < -0.4 is 0 Å². The van der Waals surface area contributed by atoms with Gasteiger partial charge in [-0.1, -0.05) is 12.1 Å². The van der Waals surface area contributed by atoms with Crippen LogP contribution >= 0.6 is 0 Å². The van der Waals surface area contributed by atoms with E-state index in [0.717, 1.165) is 24.3 Å². The minimum absolute atomic E-state index is 0.146. The van der Waals surface area contributed by atoms with Gasteiger partial charge in [0.1, 0.15) is 0 Å². The predicted octanol–water partition coefficient (Wildman–Crippen LogP) is 1.94. The second-order valence-corrected chi connectivity index (χ2v) is 4.85. The molecule has 1 aromatic carbocycles. The standard InChI is InChI=1S/C14H10N2O8/c17-13(18)7-3-1-5-9(15(21)22)11(7)12-8(14(19)20)4-2-6-10(12)16(23)24/h1-3,5-6,8H,4H2,(H,17,18)(H,19,20). The Kier molecular flexibility index (Phi) is 4.40. The zero-order valence-corrected chi connectivity index (χ0v) is 11.9. The van der Waals surface area contributed by atoms with E-state index < -0.39 is 55.8 Å². The van der Waals surface area contributed by atoms with E-state index in [1.165, 1.54) is 6.08 Å². The summed E-state index contributed by atoms with van der Waals surface area (Å²) in [5, 5.41) is 41.1. The van der Waals surface area contributed by atoms with Crippen molar-refractivity contribution in [1.29, 1.82) is 0 Å². The third-order valence-electron chi connectivity index (χ3n) is 3.51. The number of carbonyl (C=O) groups is 2. The molecular weight excluding hydrogens is 324 g/mol. The van der Waals surface area contributed by atoms with Gasteiger partial charge in [-0.25, -0.2) is 4.79 Å². The van der Waals surface area contributed by atoms with Crippen LogP contribution in [0.1, 0.15) is 22.3 Å². The van der Waals surface area contributed by atoms with Crippen LogP contribution in [-0.2, 0) is 4.79 Å². The SMILES string of the molecule is O=C(O)c1cccc([N+](=O)[O-])c1C1=C([N+](=O)[O-])C=CCC1C(=O)O. The summed E-state index contributed by atoms with van der Waals surface area (Å²) >= 11 is 0. The number of carboxylic acids is 2. The van der Waals surface area contributed by atoms with Crippen molar-refractivity contribution in [1.82, 2.24) is 0 Å². The maximum atomic E-state index is 11.5. The van der Waals surface area contributed by atoms with E-state index in [1.807, 2.05) is 0 Å². The van der Waals surface area contributed by atoms with Gasteiger partial charge in [0.25, 0.3) is 11.4 Å². The maximum Gasteiger partial charge on any atom is 0.336 e. The molecule has 0 heterocycles. The van der Waals surface area contributed by atoms with E-state index in [1.54, 1.807) is 0 Å². The minimum atomic E-state index is -1.55. The highest BCUT2D eigenvalue weighted by Gasteiger charge is 2.38. The Balaban J connectivity index is 2.95. The number of nitrogens with zero attached hydrogens (tertiary/aromatic N) is 2. The highest BCUT2D eigenvalue weighted by atomic mass is 16.6. The van der Waals surface area contributed by atoms with Gasteiger partial charge in [-0.2, -0.15) is 0 Å². The smallest absolute Gasteiger partial charge is 0.336 e. The normalized spacial score (nSPS) is 16.8. The molecule has 10 nitrogen and oxygen atoms in total. The summed E-state index contributed by atoms with van der Waals surface area (Å²) in [5.41, 5.74) is -2.99. The van der Waals surface area contributed by atoms with Crippen molar-refractivity contribution in [3.05, 3.63) is 67.4 Å². The van der Waals surface area contributed by atoms with Gasteiger partial charge in [-0.05, 0) is 12.5 Å². The lowest BCUT2D eigenvalue weighted by Gasteiger charge is -2.19. The summed E-state index contributed by atoms with van der Waals surface area (Å²) < 4.78 is 0. The summed E-state index contributed by atoms with van der Waals surface area (Å²) in [6.07, 6.45) is 2.14. The fourth-order valence-corrected chi connectivity index (χ4v) is 2.54. The molecule has 1 unspecified atom stereocenters. The lowest BCUT2D eigenvalue weighted by Crippen LogP contribution is -2.22. The van der Waals surface area contributed by atoms with Crippen molar-refractivity contribution in [2.24, 2.45) is 5.92 Å². The average molecular weight is 334 g/mol. The van der Waals surface area contributed by atoms with E-state index in [0.29, 0.717) is 0 Å². The molecule has 0 amide bonds. The van der Waals surface area contributed by atoms with Crippen LogP contribution in [0.2, 0.25) is 0 Å². The Morgan fingerprint density at radius 3 is 2.29 bits per heavy atom. The van der Waals surface area contributed by atoms with Crippen LogP contribution in [0.15, 0.2) is 36.0 Å². The summed E-state index contributed by atoms with van der Waals surface area (Å²) in [5.74, 6) is -4.46. The van der Waals surface area contributed by atoms with Crippen molar-refractivity contribution in [2.75, 3.05) is 0 Å². The number of hydrogen-bond donors (Lipinski definition) is 2. The highest BCUT2D eigenvalue weighted by Crippen LogP contribution is 2.40. The van der Waals surface area contributed by atoms with Gasteiger partial charge in [-0.3, -0.25) is 25.0 Å². The molecule has 0 fully saturated rings. The fraction of sp³-hybridized carbons (Fsp3) is 0.143. The Morgan fingerprint density at radius 2 is 1.79 bits per heavy atom. The van der Waals surface area contributed by atoms with Crippen LogP contribution in [0.5, 0.6) is 0 Å². The molecule has 0 radical (unpaired) electrons. The molecule has 2 rings (SSSR count). The molecule has 0 saturated heterocycles. The van der Waals surface area contributed by atoms with Crippen molar-refractivity contribution in [3.8, 4) is 0 Å². The van der Waals surface area contributed by atoms with Gasteiger partial charge in [0.15, 0.2) is 0 Å². The van der Waals surface area contributed by atoms with Crippen LogP contribution in [0, 0.1) is 26.1 Å². The molecule has 0 bridgehead atoms. The highest BCUT2D eigenvalue weighted by molar-refractivity contribution is 6.01. The van der Waals surface area contributed by atoms with E-state index in [-0.39, 0.29) is 6.42 Å². The first kappa shape index (κ1) is 16.8. The van der Waals surface area contributed by atoms with Gasteiger partial charge >= 0.3 is 11.9 Å². The lowest BCUT2D eigenvalue weighted by atomic mass is 9.82. The topological polar surface area (TPSA) is 161 Å². The van der Waals surface area contributed by atoms with E-state index in [9.17, 15) is 40.0 Å². The fourth-order valence-electron chi connectivity index (χ4n) is 2.54.